The third-order valence-corrected chi connectivity index (χ3v) is 5.00. The smallest absolute Gasteiger partial charge is 0.227 e. The first-order valence-electron chi connectivity index (χ1n) is 9.42. The van der Waals surface area contributed by atoms with Crippen molar-refractivity contribution in [1.82, 2.24) is 19.7 Å². The van der Waals surface area contributed by atoms with Gasteiger partial charge in [0.05, 0.1) is 12.1 Å². The summed E-state index contributed by atoms with van der Waals surface area (Å²) >= 11 is 0. The molecule has 2 aromatic rings. The van der Waals surface area contributed by atoms with Crippen LogP contribution in [0.15, 0.2) is 24.4 Å². The molecule has 1 saturated heterocycles. The minimum atomic E-state index is 0.195. The highest BCUT2D eigenvalue weighted by Crippen LogP contribution is 2.18. The highest BCUT2D eigenvalue weighted by Gasteiger charge is 2.24. The topological polar surface area (TPSA) is 54.3 Å². The van der Waals surface area contributed by atoms with E-state index in [4.69, 9.17) is 0 Å². The molecule has 6 nitrogen and oxygen atoms in total. The maximum atomic E-state index is 12.8. The van der Waals surface area contributed by atoms with E-state index in [1.54, 1.807) is 0 Å². The van der Waals surface area contributed by atoms with Crippen LogP contribution >= 0.6 is 0 Å². The zero-order chi connectivity index (χ0) is 18.7. The molecule has 1 amide bonds. The van der Waals surface area contributed by atoms with Gasteiger partial charge in [0.2, 0.25) is 5.91 Å². The normalized spacial score (nSPS) is 15.0. The number of aromatic nitrogens is 3. The number of anilines is 1. The lowest BCUT2D eigenvalue weighted by Crippen LogP contribution is -2.49. The van der Waals surface area contributed by atoms with Gasteiger partial charge < -0.3 is 9.80 Å². The van der Waals surface area contributed by atoms with Crippen molar-refractivity contribution in [2.24, 2.45) is 5.92 Å². The zero-order valence-electron chi connectivity index (χ0n) is 16.3. The number of hydrogen-bond acceptors (Lipinski definition) is 4. The van der Waals surface area contributed by atoms with Gasteiger partial charge in [0.15, 0.2) is 0 Å². The van der Waals surface area contributed by atoms with Crippen molar-refractivity contribution in [3.63, 3.8) is 0 Å². The Bertz CT molecular complexity index is 745. The number of nitrogens with zero attached hydrogens (tertiary/aromatic N) is 5. The van der Waals surface area contributed by atoms with Crippen LogP contribution in [0.25, 0.3) is 0 Å². The molecule has 0 unspecified atom stereocenters. The van der Waals surface area contributed by atoms with Gasteiger partial charge in [-0.1, -0.05) is 19.9 Å². The van der Waals surface area contributed by atoms with E-state index in [1.807, 2.05) is 40.9 Å². The molecule has 0 N–H and O–H groups in total. The molecule has 3 heterocycles. The molecule has 140 valence electrons. The summed E-state index contributed by atoms with van der Waals surface area (Å²) in [5.74, 6) is 1.72. The maximum absolute atomic E-state index is 12.8. The van der Waals surface area contributed by atoms with Crippen LogP contribution in [0.5, 0.6) is 0 Å². The number of hydrogen-bond donors (Lipinski definition) is 0. The SMILES string of the molecule is Cc1nn(CC(C)C)c(C)c1CC(=O)N1CCN(c2ccccn2)CC1. The summed E-state index contributed by atoms with van der Waals surface area (Å²) in [6, 6.07) is 5.95. The summed E-state index contributed by atoms with van der Waals surface area (Å²) in [5, 5.41) is 4.63. The minimum absolute atomic E-state index is 0.195. The second-order valence-corrected chi connectivity index (χ2v) is 7.46. The van der Waals surface area contributed by atoms with Crippen LogP contribution in [0.2, 0.25) is 0 Å². The van der Waals surface area contributed by atoms with Crippen molar-refractivity contribution in [2.45, 2.75) is 40.7 Å². The van der Waals surface area contributed by atoms with Gasteiger partial charge in [-0.2, -0.15) is 5.10 Å². The number of amides is 1. The van der Waals surface area contributed by atoms with Gasteiger partial charge in [0.1, 0.15) is 5.82 Å². The largest absolute Gasteiger partial charge is 0.353 e. The summed E-state index contributed by atoms with van der Waals surface area (Å²) in [4.78, 5) is 21.4. The third-order valence-electron chi connectivity index (χ3n) is 5.00. The summed E-state index contributed by atoms with van der Waals surface area (Å²) in [5.41, 5.74) is 3.18. The number of aryl methyl sites for hydroxylation is 1. The molecular formula is C20H29N5O. The van der Waals surface area contributed by atoms with E-state index < -0.39 is 0 Å². The molecule has 1 fully saturated rings. The molecule has 2 aromatic heterocycles. The Labute approximate surface area is 155 Å². The molecule has 0 bridgehead atoms. The summed E-state index contributed by atoms with van der Waals surface area (Å²) in [7, 11) is 0. The molecule has 0 atom stereocenters. The lowest BCUT2D eigenvalue weighted by molar-refractivity contribution is -0.130. The Balaban J connectivity index is 1.60. The van der Waals surface area contributed by atoms with E-state index in [2.05, 4.69) is 35.8 Å². The molecule has 0 saturated carbocycles. The van der Waals surface area contributed by atoms with Crippen molar-refractivity contribution >= 4 is 11.7 Å². The second kappa shape index (κ2) is 7.89. The standard InChI is InChI=1S/C20H29N5O/c1-15(2)14-25-17(4)18(16(3)22-25)13-20(26)24-11-9-23(10-12-24)19-7-5-6-8-21-19/h5-8,15H,9-14H2,1-4H3. The molecule has 0 spiro atoms. The van der Waals surface area contributed by atoms with Crippen molar-refractivity contribution in [3.8, 4) is 0 Å². The molecule has 26 heavy (non-hydrogen) atoms. The Morgan fingerprint density at radius 2 is 1.88 bits per heavy atom. The highest BCUT2D eigenvalue weighted by molar-refractivity contribution is 5.79. The van der Waals surface area contributed by atoms with Gasteiger partial charge in [-0.3, -0.25) is 9.48 Å². The number of rotatable bonds is 5. The third kappa shape index (κ3) is 4.06. The molecule has 3 rings (SSSR count). The van der Waals surface area contributed by atoms with Crippen molar-refractivity contribution in [2.75, 3.05) is 31.1 Å². The molecule has 1 aliphatic rings. The van der Waals surface area contributed by atoms with Crippen LogP contribution in [0.1, 0.15) is 30.8 Å². The van der Waals surface area contributed by atoms with Crippen LogP contribution in [0.4, 0.5) is 5.82 Å². The van der Waals surface area contributed by atoms with Gasteiger partial charge in [0.25, 0.3) is 0 Å². The molecule has 1 aliphatic heterocycles. The molecular weight excluding hydrogens is 326 g/mol. The van der Waals surface area contributed by atoms with E-state index in [0.717, 1.165) is 55.5 Å². The fourth-order valence-corrected chi connectivity index (χ4v) is 3.50. The molecule has 0 aliphatic carbocycles. The molecule has 6 heteroatoms. The zero-order valence-corrected chi connectivity index (χ0v) is 16.3. The average Bonchev–Trinajstić information content (AvgIpc) is 2.89. The average molecular weight is 355 g/mol. The summed E-state index contributed by atoms with van der Waals surface area (Å²) < 4.78 is 2.04. The second-order valence-electron chi connectivity index (χ2n) is 7.46. The highest BCUT2D eigenvalue weighted by atomic mass is 16.2. The van der Waals surface area contributed by atoms with E-state index in [0.29, 0.717) is 12.3 Å². The molecule has 0 aromatic carbocycles. The van der Waals surface area contributed by atoms with E-state index in [-0.39, 0.29) is 5.91 Å². The molecule has 0 radical (unpaired) electrons. The maximum Gasteiger partial charge on any atom is 0.227 e. The summed E-state index contributed by atoms with van der Waals surface area (Å²) in [6.07, 6.45) is 2.26. The first kappa shape index (κ1) is 18.4. The van der Waals surface area contributed by atoms with Gasteiger partial charge in [-0.05, 0) is 31.9 Å². The van der Waals surface area contributed by atoms with Crippen molar-refractivity contribution in [3.05, 3.63) is 41.3 Å². The Morgan fingerprint density at radius 1 is 1.15 bits per heavy atom. The first-order valence-corrected chi connectivity index (χ1v) is 9.42. The van der Waals surface area contributed by atoms with Gasteiger partial charge in [0, 0.05) is 50.2 Å². The first-order chi connectivity index (χ1) is 12.5. The fraction of sp³-hybridized carbons (Fsp3) is 0.550. The fourth-order valence-electron chi connectivity index (χ4n) is 3.50. The number of piperazine rings is 1. The van der Waals surface area contributed by atoms with Crippen LogP contribution in [0, 0.1) is 19.8 Å². The Morgan fingerprint density at radius 3 is 2.50 bits per heavy atom. The van der Waals surface area contributed by atoms with Gasteiger partial charge >= 0.3 is 0 Å². The predicted octanol–water partition coefficient (Wildman–Crippen LogP) is 2.44. The monoisotopic (exact) mass is 355 g/mol. The van der Waals surface area contributed by atoms with E-state index in [1.165, 1.54) is 0 Å². The van der Waals surface area contributed by atoms with Crippen LogP contribution in [-0.2, 0) is 17.8 Å². The minimum Gasteiger partial charge on any atom is -0.353 e. The summed E-state index contributed by atoms with van der Waals surface area (Å²) in [6.45, 7) is 12.5. The Kier molecular flexibility index (Phi) is 5.59. The van der Waals surface area contributed by atoms with Crippen LogP contribution in [-0.4, -0.2) is 51.8 Å². The number of carbonyl (C=O) groups is 1. The van der Waals surface area contributed by atoms with E-state index in [9.17, 15) is 4.79 Å². The number of carbonyl (C=O) groups excluding carboxylic acids is 1. The van der Waals surface area contributed by atoms with Gasteiger partial charge in [-0.25, -0.2) is 4.98 Å². The van der Waals surface area contributed by atoms with Crippen molar-refractivity contribution < 1.29 is 4.79 Å². The van der Waals surface area contributed by atoms with E-state index >= 15 is 0 Å². The van der Waals surface area contributed by atoms with Crippen LogP contribution in [0.3, 0.4) is 0 Å². The lowest BCUT2D eigenvalue weighted by atomic mass is 10.1. The predicted molar refractivity (Wildman–Crippen MR) is 103 cm³/mol. The Hall–Kier alpha value is -2.37. The van der Waals surface area contributed by atoms with Gasteiger partial charge in [-0.15, -0.1) is 0 Å². The van der Waals surface area contributed by atoms with Crippen molar-refractivity contribution in [1.29, 1.82) is 0 Å². The lowest BCUT2D eigenvalue weighted by Gasteiger charge is -2.35. The van der Waals surface area contributed by atoms with Crippen LogP contribution < -0.4 is 4.90 Å². The quantitative estimate of drug-likeness (QED) is 0.827. The number of pyridine rings is 1.